The fourth-order valence-electron chi connectivity index (χ4n) is 4.38. The largest absolute Gasteiger partial charge is 0.478 e. The van der Waals surface area contributed by atoms with Crippen molar-refractivity contribution in [1.29, 1.82) is 0 Å². The molecule has 2 aliphatic heterocycles. The number of hydrogen-bond acceptors (Lipinski definition) is 5. The lowest BCUT2D eigenvalue weighted by Gasteiger charge is -2.21. The highest BCUT2D eigenvalue weighted by molar-refractivity contribution is 6.37. The summed E-state index contributed by atoms with van der Waals surface area (Å²) in [6.07, 6.45) is 6.51. The maximum absolute atomic E-state index is 11.4. The molecular weight excluding hydrogens is 426 g/mol. The van der Waals surface area contributed by atoms with E-state index in [4.69, 9.17) is 16.3 Å². The Kier molecular flexibility index (Phi) is 5.39. The van der Waals surface area contributed by atoms with Crippen molar-refractivity contribution in [2.75, 3.05) is 18.0 Å². The summed E-state index contributed by atoms with van der Waals surface area (Å²) in [5, 5.41) is 13.2. The SMILES string of the molecule is Cc1ccc(OC2=NC3C=C(c4ccc(N5CCCC5)cc4)C(Cl)=CC3N2)cc1C(=O)O. The molecule has 7 heteroatoms. The smallest absolute Gasteiger partial charge is 0.336 e. The van der Waals surface area contributed by atoms with E-state index in [0.717, 1.165) is 24.2 Å². The van der Waals surface area contributed by atoms with E-state index in [2.05, 4.69) is 45.6 Å². The molecule has 0 bridgehead atoms. The Labute approximate surface area is 191 Å². The molecule has 3 aliphatic rings. The number of anilines is 1. The number of amidine groups is 1. The van der Waals surface area contributed by atoms with Gasteiger partial charge in [-0.05, 0) is 72.9 Å². The molecule has 0 radical (unpaired) electrons. The summed E-state index contributed by atoms with van der Waals surface area (Å²) in [7, 11) is 0. The zero-order chi connectivity index (χ0) is 22.2. The third kappa shape index (κ3) is 3.98. The minimum Gasteiger partial charge on any atom is -0.478 e. The predicted octanol–water partition coefficient (Wildman–Crippen LogP) is 4.59. The zero-order valence-corrected chi connectivity index (χ0v) is 18.5. The molecule has 0 saturated carbocycles. The predicted molar refractivity (Wildman–Crippen MR) is 127 cm³/mol. The Bertz CT molecular complexity index is 1150. The first kappa shape index (κ1) is 20.6. The topological polar surface area (TPSA) is 74.2 Å². The number of aromatic carboxylic acids is 1. The van der Waals surface area contributed by atoms with Crippen LogP contribution in [-0.4, -0.2) is 42.3 Å². The van der Waals surface area contributed by atoms with E-state index in [9.17, 15) is 9.90 Å². The standard InChI is InChI=1S/C25H24ClN3O3/c1-15-4-9-18(12-19(15)24(30)31)32-25-27-22-13-20(21(26)14-23(22)28-25)16-5-7-17(8-6-16)29-10-2-3-11-29/h4-9,12-14,22-23H,2-3,10-11H2,1H3,(H,27,28)(H,30,31). The normalized spacial score (nSPS) is 21.9. The molecule has 1 aliphatic carbocycles. The first-order chi connectivity index (χ1) is 15.5. The van der Waals surface area contributed by atoms with Gasteiger partial charge in [-0.2, -0.15) is 0 Å². The van der Waals surface area contributed by atoms with Crippen molar-refractivity contribution in [3.05, 3.63) is 76.3 Å². The van der Waals surface area contributed by atoms with Crippen LogP contribution in [-0.2, 0) is 0 Å². The molecule has 1 fully saturated rings. The van der Waals surface area contributed by atoms with Gasteiger partial charge in [0.25, 0.3) is 6.02 Å². The molecule has 32 heavy (non-hydrogen) atoms. The second-order valence-electron chi connectivity index (χ2n) is 8.31. The van der Waals surface area contributed by atoms with Gasteiger partial charge in [0.1, 0.15) is 5.75 Å². The number of nitrogens with zero attached hydrogens (tertiary/aromatic N) is 2. The van der Waals surface area contributed by atoms with Gasteiger partial charge in [-0.15, -0.1) is 0 Å². The molecular formula is C25H24ClN3O3. The summed E-state index contributed by atoms with van der Waals surface area (Å²) < 4.78 is 5.83. The monoisotopic (exact) mass is 449 g/mol. The van der Waals surface area contributed by atoms with Crippen LogP contribution >= 0.6 is 11.6 Å². The molecule has 0 spiro atoms. The highest BCUT2D eigenvalue weighted by Crippen LogP contribution is 2.34. The Balaban J connectivity index is 1.34. The van der Waals surface area contributed by atoms with Crippen molar-refractivity contribution in [2.45, 2.75) is 31.8 Å². The van der Waals surface area contributed by atoms with Gasteiger partial charge in [0.15, 0.2) is 0 Å². The maximum atomic E-state index is 11.4. The van der Waals surface area contributed by atoms with Crippen LogP contribution < -0.4 is 15.0 Å². The Hall–Kier alpha value is -3.25. The number of ether oxygens (including phenoxy) is 1. The number of aliphatic imine (C=N–C) groups is 1. The molecule has 0 amide bonds. The molecule has 0 aromatic heterocycles. The van der Waals surface area contributed by atoms with E-state index in [-0.39, 0.29) is 17.6 Å². The number of allylic oxidation sites excluding steroid dienone is 2. The van der Waals surface area contributed by atoms with Gasteiger partial charge in [0, 0.05) is 23.8 Å². The lowest BCUT2D eigenvalue weighted by atomic mass is 9.94. The van der Waals surface area contributed by atoms with Crippen molar-refractivity contribution in [3.63, 3.8) is 0 Å². The number of benzene rings is 2. The first-order valence-electron chi connectivity index (χ1n) is 10.8. The molecule has 2 N–H and O–H groups in total. The van der Waals surface area contributed by atoms with Gasteiger partial charge in [-0.3, -0.25) is 0 Å². The second kappa shape index (κ2) is 8.36. The molecule has 2 atom stereocenters. The van der Waals surface area contributed by atoms with Crippen molar-refractivity contribution in [2.24, 2.45) is 4.99 Å². The van der Waals surface area contributed by atoms with Gasteiger partial charge in [0.05, 0.1) is 17.6 Å². The van der Waals surface area contributed by atoms with Gasteiger partial charge >= 0.3 is 5.97 Å². The van der Waals surface area contributed by atoms with Crippen molar-refractivity contribution in [3.8, 4) is 5.75 Å². The van der Waals surface area contributed by atoms with E-state index in [1.165, 1.54) is 24.6 Å². The number of hydrogen-bond donors (Lipinski definition) is 2. The van der Waals surface area contributed by atoms with Crippen molar-refractivity contribution < 1.29 is 14.6 Å². The van der Waals surface area contributed by atoms with Crippen LogP contribution in [0, 0.1) is 6.92 Å². The van der Waals surface area contributed by atoms with E-state index >= 15 is 0 Å². The number of aryl methyl sites for hydroxylation is 1. The maximum Gasteiger partial charge on any atom is 0.336 e. The summed E-state index contributed by atoms with van der Waals surface area (Å²) in [6, 6.07) is 13.6. The molecule has 2 unspecified atom stereocenters. The molecule has 2 aromatic rings. The number of fused-ring (bicyclic) bond motifs is 1. The van der Waals surface area contributed by atoms with Gasteiger partial charge in [-0.25, -0.2) is 9.79 Å². The average molecular weight is 450 g/mol. The molecule has 1 saturated heterocycles. The zero-order valence-electron chi connectivity index (χ0n) is 17.7. The number of carboxylic acids is 1. The number of nitrogens with one attached hydrogen (secondary N) is 1. The first-order valence-corrected chi connectivity index (χ1v) is 11.2. The van der Waals surface area contributed by atoms with Gasteiger partial charge in [0.2, 0.25) is 0 Å². The minimum atomic E-state index is -0.985. The third-order valence-corrected chi connectivity index (χ3v) is 6.48. The van der Waals surface area contributed by atoms with E-state index in [1.807, 2.05) is 6.08 Å². The van der Waals surface area contributed by atoms with Crippen LogP contribution in [0.1, 0.15) is 34.3 Å². The fourth-order valence-corrected chi connectivity index (χ4v) is 4.69. The van der Waals surface area contributed by atoms with Crippen LogP contribution in [0.4, 0.5) is 5.69 Å². The lowest BCUT2D eigenvalue weighted by molar-refractivity contribution is 0.0695. The number of halogens is 1. The van der Waals surface area contributed by atoms with Gasteiger partial charge < -0.3 is 20.1 Å². The van der Waals surface area contributed by atoms with E-state index in [1.54, 1.807) is 19.1 Å². The summed E-state index contributed by atoms with van der Waals surface area (Å²) in [6.45, 7) is 3.99. The summed E-state index contributed by atoms with van der Waals surface area (Å²) in [5.74, 6) is -0.560. The minimum absolute atomic E-state index is 0.102. The number of carboxylic acid groups (broad SMARTS) is 1. The van der Waals surface area contributed by atoms with E-state index in [0.29, 0.717) is 22.4 Å². The average Bonchev–Trinajstić information content (AvgIpc) is 3.44. The van der Waals surface area contributed by atoms with Crippen molar-refractivity contribution in [1.82, 2.24) is 5.32 Å². The van der Waals surface area contributed by atoms with Gasteiger partial charge in [-0.1, -0.05) is 29.8 Å². The third-order valence-electron chi connectivity index (χ3n) is 6.15. The summed E-state index contributed by atoms with van der Waals surface area (Å²) in [4.78, 5) is 18.4. The molecule has 2 heterocycles. The summed E-state index contributed by atoms with van der Waals surface area (Å²) in [5.41, 5.74) is 4.15. The highest BCUT2D eigenvalue weighted by atomic mass is 35.5. The number of carbonyl (C=O) groups is 1. The molecule has 5 rings (SSSR count). The quantitative estimate of drug-likeness (QED) is 0.714. The van der Waals surface area contributed by atoms with Crippen LogP contribution in [0.3, 0.4) is 0 Å². The molecule has 6 nitrogen and oxygen atoms in total. The van der Waals surface area contributed by atoms with Crippen molar-refractivity contribution >= 4 is 34.9 Å². The van der Waals surface area contributed by atoms with E-state index < -0.39 is 5.97 Å². The van der Waals surface area contributed by atoms with Crippen LogP contribution in [0.25, 0.3) is 5.57 Å². The Morgan fingerprint density at radius 1 is 1.16 bits per heavy atom. The highest BCUT2D eigenvalue weighted by Gasteiger charge is 2.31. The second-order valence-corrected chi connectivity index (χ2v) is 8.72. The molecule has 164 valence electrons. The van der Waals surface area contributed by atoms with Crippen LogP contribution in [0.15, 0.2) is 64.6 Å². The van der Waals surface area contributed by atoms with Crippen LogP contribution in [0.5, 0.6) is 5.75 Å². The number of rotatable bonds is 4. The summed E-state index contributed by atoms with van der Waals surface area (Å²) >= 11 is 6.62. The Morgan fingerprint density at radius 3 is 2.62 bits per heavy atom. The Morgan fingerprint density at radius 2 is 1.91 bits per heavy atom. The fraction of sp³-hybridized carbons (Fsp3) is 0.280. The molecule has 2 aromatic carbocycles. The lowest BCUT2D eigenvalue weighted by Crippen LogP contribution is -2.35. The van der Waals surface area contributed by atoms with Crippen LogP contribution in [0.2, 0.25) is 0 Å².